The number of thiophene rings is 1. The highest BCUT2D eigenvalue weighted by Gasteiger charge is 2.37. The van der Waals surface area contributed by atoms with Crippen molar-refractivity contribution in [2.24, 2.45) is 10.6 Å². The van der Waals surface area contributed by atoms with E-state index in [-0.39, 0.29) is 17.3 Å². The summed E-state index contributed by atoms with van der Waals surface area (Å²) >= 11 is 8.37. The summed E-state index contributed by atoms with van der Waals surface area (Å²) in [6, 6.07) is 0. The Hall–Kier alpha value is -1.05. The van der Waals surface area contributed by atoms with Crippen LogP contribution in [0, 0.1) is 5.41 Å². The second-order valence-corrected chi connectivity index (χ2v) is 8.28. The van der Waals surface area contributed by atoms with Gasteiger partial charge in [-0.3, -0.25) is 0 Å². The molecule has 1 aromatic rings. The third-order valence-electron chi connectivity index (χ3n) is 3.49. The van der Waals surface area contributed by atoms with Crippen LogP contribution < -0.4 is 0 Å². The standard InChI is InChI=1S/C15H18ClNO4S2/c1-15(2)5-8-11(9(6-15)17-21-10(18)7-16)14(22-4)23-12(8)13(19)20-3/h5-7H2,1-4H3/b17-9+. The molecule has 1 heterocycles. The van der Waals surface area contributed by atoms with Crippen molar-refractivity contribution in [3.05, 3.63) is 16.0 Å². The average Bonchev–Trinajstić information content (AvgIpc) is 2.88. The van der Waals surface area contributed by atoms with Crippen molar-refractivity contribution >= 4 is 52.3 Å². The van der Waals surface area contributed by atoms with E-state index in [1.807, 2.05) is 6.26 Å². The summed E-state index contributed by atoms with van der Waals surface area (Å²) in [6.45, 7) is 4.18. The lowest BCUT2D eigenvalue weighted by molar-refractivity contribution is -0.140. The first-order valence-electron chi connectivity index (χ1n) is 6.94. The molecule has 2 rings (SSSR count). The third-order valence-corrected chi connectivity index (χ3v) is 6.04. The molecule has 0 bridgehead atoms. The smallest absolute Gasteiger partial charge is 0.349 e. The van der Waals surface area contributed by atoms with Crippen LogP contribution in [0.15, 0.2) is 9.36 Å². The Labute approximate surface area is 148 Å². The normalized spacial score (nSPS) is 17.7. The molecular weight excluding hydrogens is 358 g/mol. The van der Waals surface area contributed by atoms with Gasteiger partial charge < -0.3 is 9.57 Å². The van der Waals surface area contributed by atoms with Gasteiger partial charge in [0.15, 0.2) is 0 Å². The molecule has 0 saturated heterocycles. The molecule has 0 fully saturated rings. The average molecular weight is 376 g/mol. The lowest BCUT2D eigenvalue weighted by Crippen LogP contribution is -2.28. The van der Waals surface area contributed by atoms with Crippen LogP contribution in [-0.4, -0.2) is 36.9 Å². The van der Waals surface area contributed by atoms with Crippen molar-refractivity contribution in [2.45, 2.75) is 30.9 Å². The molecule has 1 aromatic heterocycles. The van der Waals surface area contributed by atoms with Gasteiger partial charge in [0.25, 0.3) is 0 Å². The number of methoxy groups -OCH3 is 1. The van der Waals surface area contributed by atoms with E-state index in [0.717, 1.165) is 21.8 Å². The molecule has 5 nitrogen and oxygen atoms in total. The van der Waals surface area contributed by atoms with Gasteiger partial charge >= 0.3 is 11.9 Å². The Balaban J connectivity index is 2.56. The number of thioether (sulfide) groups is 1. The number of halogens is 1. The summed E-state index contributed by atoms with van der Waals surface area (Å²) < 4.78 is 5.87. The van der Waals surface area contributed by atoms with E-state index in [0.29, 0.717) is 17.0 Å². The molecule has 0 aliphatic heterocycles. The summed E-state index contributed by atoms with van der Waals surface area (Å²) in [6.07, 6.45) is 3.34. The largest absolute Gasteiger partial charge is 0.465 e. The van der Waals surface area contributed by atoms with Gasteiger partial charge in [0, 0.05) is 5.56 Å². The molecule has 0 unspecified atom stereocenters. The summed E-state index contributed by atoms with van der Waals surface area (Å²) in [5.41, 5.74) is 2.39. The highest BCUT2D eigenvalue weighted by atomic mass is 35.5. The maximum atomic E-state index is 12.1. The van der Waals surface area contributed by atoms with Gasteiger partial charge in [-0.2, -0.15) is 0 Å². The maximum absolute atomic E-state index is 12.1. The highest BCUT2D eigenvalue weighted by molar-refractivity contribution is 8.00. The first kappa shape index (κ1) is 18.3. The fourth-order valence-corrected chi connectivity index (χ4v) is 4.66. The molecule has 23 heavy (non-hydrogen) atoms. The highest BCUT2D eigenvalue weighted by Crippen LogP contribution is 2.45. The Morgan fingerprint density at radius 1 is 1.39 bits per heavy atom. The van der Waals surface area contributed by atoms with Gasteiger partial charge in [0.1, 0.15) is 10.8 Å². The quantitative estimate of drug-likeness (QED) is 0.264. The van der Waals surface area contributed by atoms with Gasteiger partial charge in [-0.05, 0) is 30.1 Å². The van der Waals surface area contributed by atoms with Crippen LogP contribution >= 0.6 is 34.7 Å². The van der Waals surface area contributed by atoms with Gasteiger partial charge in [0.05, 0.1) is 17.0 Å². The summed E-state index contributed by atoms with van der Waals surface area (Å²) in [7, 11) is 1.37. The predicted octanol–water partition coefficient (Wildman–Crippen LogP) is 3.72. The molecule has 126 valence electrons. The van der Waals surface area contributed by atoms with Crippen LogP contribution in [0.25, 0.3) is 0 Å². The number of esters is 1. The third kappa shape index (κ3) is 3.89. The van der Waals surface area contributed by atoms with E-state index >= 15 is 0 Å². The number of carbonyl (C=O) groups excluding carboxylic acids is 2. The summed E-state index contributed by atoms with van der Waals surface area (Å²) in [5, 5.41) is 4.02. The van der Waals surface area contributed by atoms with Crippen molar-refractivity contribution in [3.63, 3.8) is 0 Å². The van der Waals surface area contributed by atoms with E-state index in [1.54, 1.807) is 0 Å². The number of rotatable bonds is 4. The van der Waals surface area contributed by atoms with Crippen molar-refractivity contribution in [1.29, 1.82) is 0 Å². The molecule has 1 aliphatic rings. The molecule has 0 amide bonds. The Morgan fingerprint density at radius 3 is 2.65 bits per heavy atom. The van der Waals surface area contributed by atoms with Crippen LogP contribution in [-0.2, 0) is 20.8 Å². The second-order valence-electron chi connectivity index (χ2n) is 5.92. The van der Waals surface area contributed by atoms with Crippen molar-refractivity contribution in [3.8, 4) is 0 Å². The van der Waals surface area contributed by atoms with Crippen molar-refractivity contribution < 1.29 is 19.2 Å². The Kier molecular flexibility index (Phi) is 5.75. The van der Waals surface area contributed by atoms with Gasteiger partial charge in [-0.25, -0.2) is 9.59 Å². The van der Waals surface area contributed by atoms with Crippen molar-refractivity contribution in [2.75, 3.05) is 19.2 Å². The van der Waals surface area contributed by atoms with Crippen LogP contribution in [0.5, 0.6) is 0 Å². The molecule has 0 aromatic carbocycles. The number of hydrogen-bond donors (Lipinski definition) is 0. The molecule has 0 spiro atoms. The topological polar surface area (TPSA) is 65.0 Å². The second kappa shape index (κ2) is 7.23. The molecule has 0 saturated carbocycles. The minimum Gasteiger partial charge on any atom is -0.465 e. The van der Waals surface area contributed by atoms with E-state index in [4.69, 9.17) is 21.2 Å². The number of carbonyl (C=O) groups is 2. The van der Waals surface area contributed by atoms with E-state index in [1.165, 1.54) is 30.2 Å². The molecule has 1 aliphatic carbocycles. The summed E-state index contributed by atoms with van der Waals surface area (Å²) in [4.78, 5) is 28.9. The van der Waals surface area contributed by atoms with Gasteiger partial charge in [-0.1, -0.05) is 19.0 Å². The predicted molar refractivity (Wildman–Crippen MR) is 92.9 cm³/mol. The zero-order valence-corrected chi connectivity index (χ0v) is 15.8. The zero-order chi connectivity index (χ0) is 17.2. The first-order chi connectivity index (χ1) is 10.8. The Morgan fingerprint density at radius 2 is 2.09 bits per heavy atom. The SMILES string of the molecule is COC(=O)c1sc(SC)c2c1CC(C)(C)C/C2=N\OC(=O)CCl. The number of fused-ring (bicyclic) bond motifs is 1. The van der Waals surface area contributed by atoms with Crippen LogP contribution in [0.2, 0.25) is 0 Å². The molecule has 0 N–H and O–H groups in total. The minimum atomic E-state index is -0.599. The zero-order valence-electron chi connectivity index (χ0n) is 13.4. The molecular formula is C15H18ClNO4S2. The summed E-state index contributed by atoms with van der Waals surface area (Å²) in [5.74, 6) is -1.20. The lowest BCUT2D eigenvalue weighted by atomic mass is 9.74. The van der Waals surface area contributed by atoms with E-state index in [2.05, 4.69) is 19.0 Å². The maximum Gasteiger partial charge on any atom is 0.349 e. The van der Waals surface area contributed by atoms with Crippen LogP contribution in [0.1, 0.15) is 41.1 Å². The van der Waals surface area contributed by atoms with E-state index < -0.39 is 5.97 Å². The number of hydrogen-bond acceptors (Lipinski definition) is 7. The Bertz CT molecular complexity index is 667. The van der Waals surface area contributed by atoms with Gasteiger partial charge in [-0.15, -0.1) is 34.7 Å². The van der Waals surface area contributed by atoms with Crippen molar-refractivity contribution in [1.82, 2.24) is 0 Å². The fraction of sp³-hybridized carbons (Fsp3) is 0.533. The first-order valence-corrected chi connectivity index (χ1v) is 9.51. The number of ether oxygens (including phenoxy) is 1. The van der Waals surface area contributed by atoms with E-state index in [9.17, 15) is 9.59 Å². The molecule has 8 heteroatoms. The minimum absolute atomic E-state index is 0.0985. The lowest BCUT2D eigenvalue weighted by Gasteiger charge is -2.31. The number of nitrogens with zero attached hydrogens (tertiary/aromatic N) is 1. The number of alkyl halides is 1. The fourth-order valence-electron chi connectivity index (χ4n) is 2.60. The number of oxime groups is 1. The monoisotopic (exact) mass is 375 g/mol. The van der Waals surface area contributed by atoms with Gasteiger partial charge in [0.2, 0.25) is 0 Å². The molecule has 0 atom stereocenters. The van der Waals surface area contributed by atoms with Crippen LogP contribution in [0.3, 0.4) is 0 Å². The van der Waals surface area contributed by atoms with Crippen LogP contribution in [0.4, 0.5) is 0 Å². The molecule has 0 radical (unpaired) electrons.